The SMILES string of the molecule is CCOc1ccc(N2C(=O)CSC2c2ccc(NC(=O)c3ccccc3Cl)cc2)cc1. The summed E-state index contributed by atoms with van der Waals surface area (Å²) in [6.45, 7) is 2.53. The molecule has 1 fully saturated rings. The average Bonchev–Trinajstić information content (AvgIpc) is 3.16. The van der Waals surface area contributed by atoms with Gasteiger partial charge in [-0.05, 0) is 61.0 Å². The molecule has 158 valence electrons. The van der Waals surface area contributed by atoms with E-state index in [1.54, 1.807) is 40.9 Å². The fourth-order valence-corrected chi connectivity index (χ4v) is 4.79. The Balaban J connectivity index is 1.50. The summed E-state index contributed by atoms with van der Waals surface area (Å²) in [6.07, 6.45) is 0. The van der Waals surface area contributed by atoms with Crippen LogP contribution in [0.4, 0.5) is 11.4 Å². The third-order valence-electron chi connectivity index (χ3n) is 4.87. The van der Waals surface area contributed by atoms with Crippen LogP contribution in [0.2, 0.25) is 5.02 Å². The molecule has 3 aromatic rings. The van der Waals surface area contributed by atoms with Crippen LogP contribution in [-0.4, -0.2) is 24.2 Å². The van der Waals surface area contributed by atoms with Crippen molar-refractivity contribution in [3.63, 3.8) is 0 Å². The lowest BCUT2D eigenvalue weighted by atomic mass is 10.1. The molecule has 0 radical (unpaired) electrons. The number of benzene rings is 3. The van der Waals surface area contributed by atoms with Gasteiger partial charge in [0, 0.05) is 11.4 Å². The fraction of sp³-hybridized carbons (Fsp3) is 0.167. The van der Waals surface area contributed by atoms with Crippen molar-refractivity contribution in [2.75, 3.05) is 22.6 Å². The minimum atomic E-state index is -0.264. The van der Waals surface area contributed by atoms with Gasteiger partial charge in [0.1, 0.15) is 11.1 Å². The van der Waals surface area contributed by atoms with Crippen molar-refractivity contribution >= 4 is 46.6 Å². The predicted molar refractivity (Wildman–Crippen MR) is 126 cm³/mol. The highest BCUT2D eigenvalue weighted by Crippen LogP contribution is 2.42. The van der Waals surface area contributed by atoms with Crippen LogP contribution in [0.25, 0.3) is 0 Å². The predicted octanol–water partition coefficient (Wildman–Crippen LogP) is 5.77. The summed E-state index contributed by atoms with van der Waals surface area (Å²) >= 11 is 7.68. The highest BCUT2D eigenvalue weighted by molar-refractivity contribution is 8.00. The highest BCUT2D eigenvalue weighted by atomic mass is 35.5. The van der Waals surface area contributed by atoms with E-state index in [-0.39, 0.29) is 17.2 Å². The number of carbonyl (C=O) groups is 2. The molecule has 1 N–H and O–H groups in total. The molecule has 0 spiro atoms. The van der Waals surface area contributed by atoms with Crippen LogP contribution in [0.15, 0.2) is 72.8 Å². The summed E-state index contributed by atoms with van der Waals surface area (Å²) in [5.41, 5.74) is 2.91. The van der Waals surface area contributed by atoms with Gasteiger partial charge in [-0.1, -0.05) is 35.9 Å². The van der Waals surface area contributed by atoms with E-state index in [9.17, 15) is 9.59 Å². The molecule has 1 heterocycles. The first-order chi connectivity index (χ1) is 15.1. The summed E-state index contributed by atoms with van der Waals surface area (Å²) in [7, 11) is 0. The zero-order chi connectivity index (χ0) is 21.8. The van der Waals surface area contributed by atoms with Crippen LogP contribution in [0.3, 0.4) is 0 Å². The van der Waals surface area contributed by atoms with Crippen molar-refractivity contribution in [1.82, 2.24) is 0 Å². The van der Waals surface area contributed by atoms with Gasteiger partial charge in [0.25, 0.3) is 5.91 Å². The molecule has 0 aromatic heterocycles. The van der Waals surface area contributed by atoms with Crippen LogP contribution in [0.1, 0.15) is 28.2 Å². The van der Waals surface area contributed by atoms with E-state index in [1.165, 1.54) is 0 Å². The van der Waals surface area contributed by atoms with Crippen LogP contribution in [0.5, 0.6) is 5.75 Å². The molecule has 4 rings (SSSR count). The summed E-state index contributed by atoms with van der Waals surface area (Å²) in [5, 5.41) is 3.14. The summed E-state index contributed by atoms with van der Waals surface area (Å²) in [4.78, 5) is 26.8. The second-order valence-corrected chi connectivity index (χ2v) is 8.39. The number of nitrogens with zero attached hydrogens (tertiary/aromatic N) is 1. The molecule has 1 aliphatic heterocycles. The van der Waals surface area contributed by atoms with E-state index in [0.29, 0.717) is 28.6 Å². The van der Waals surface area contributed by atoms with Crippen molar-refractivity contribution in [2.45, 2.75) is 12.3 Å². The summed E-state index contributed by atoms with van der Waals surface area (Å²) in [6, 6.07) is 22.0. The quantitative estimate of drug-likeness (QED) is 0.515. The van der Waals surface area contributed by atoms with Crippen LogP contribution < -0.4 is 15.0 Å². The van der Waals surface area contributed by atoms with Gasteiger partial charge in [-0.15, -0.1) is 11.8 Å². The molecular weight excluding hydrogens is 432 g/mol. The monoisotopic (exact) mass is 452 g/mol. The third-order valence-corrected chi connectivity index (χ3v) is 6.41. The minimum Gasteiger partial charge on any atom is -0.494 e. The lowest BCUT2D eigenvalue weighted by Gasteiger charge is -2.24. The number of thioether (sulfide) groups is 1. The number of anilines is 2. The molecule has 1 unspecified atom stereocenters. The Kier molecular flexibility index (Phi) is 6.49. The van der Waals surface area contributed by atoms with Crippen LogP contribution in [0, 0.1) is 0 Å². The molecule has 0 aliphatic carbocycles. The van der Waals surface area contributed by atoms with E-state index in [2.05, 4.69) is 5.32 Å². The number of rotatable bonds is 6. The first-order valence-corrected chi connectivity index (χ1v) is 11.3. The Morgan fingerprint density at radius 2 is 1.81 bits per heavy atom. The minimum absolute atomic E-state index is 0.0651. The van der Waals surface area contributed by atoms with Gasteiger partial charge in [-0.2, -0.15) is 0 Å². The maximum Gasteiger partial charge on any atom is 0.257 e. The van der Waals surface area contributed by atoms with Crippen molar-refractivity contribution in [1.29, 1.82) is 0 Å². The Labute approximate surface area is 190 Å². The fourth-order valence-electron chi connectivity index (χ4n) is 3.39. The van der Waals surface area contributed by atoms with E-state index in [4.69, 9.17) is 16.3 Å². The average molecular weight is 453 g/mol. The molecular formula is C24H21ClN2O3S. The van der Waals surface area contributed by atoms with Gasteiger partial charge in [0.05, 0.1) is 22.9 Å². The second kappa shape index (κ2) is 9.45. The molecule has 0 bridgehead atoms. The Hall–Kier alpha value is -2.96. The molecule has 3 aromatic carbocycles. The van der Waals surface area contributed by atoms with Gasteiger partial charge < -0.3 is 10.1 Å². The molecule has 1 saturated heterocycles. The molecule has 5 nitrogen and oxygen atoms in total. The maximum absolute atomic E-state index is 12.6. The topological polar surface area (TPSA) is 58.6 Å². The maximum atomic E-state index is 12.6. The van der Waals surface area contributed by atoms with Gasteiger partial charge in [-0.25, -0.2) is 0 Å². The molecule has 2 amide bonds. The Morgan fingerprint density at radius 1 is 1.10 bits per heavy atom. The molecule has 1 atom stereocenters. The second-order valence-electron chi connectivity index (χ2n) is 6.91. The van der Waals surface area contributed by atoms with E-state index < -0.39 is 0 Å². The van der Waals surface area contributed by atoms with E-state index >= 15 is 0 Å². The van der Waals surface area contributed by atoms with Gasteiger partial charge in [-0.3, -0.25) is 14.5 Å². The lowest BCUT2D eigenvalue weighted by molar-refractivity contribution is -0.115. The standard InChI is InChI=1S/C24H21ClN2O3S/c1-2-30-19-13-11-18(12-14-19)27-22(28)15-31-24(27)16-7-9-17(10-8-16)26-23(29)20-5-3-4-6-21(20)25/h3-14,24H,2,15H2,1H3,(H,26,29). The van der Waals surface area contributed by atoms with Gasteiger partial charge in [0.15, 0.2) is 0 Å². The molecule has 7 heteroatoms. The largest absolute Gasteiger partial charge is 0.494 e. The number of ether oxygens (including phenoxy) is 1. The van der Waals surface area contributed by atoms with Crippen molar-refractivity contribution in [3.8, 4) is 5.75 Å². The molecule has 1 aliphatic rings. The highest BCUT2D eigenvalue weighted by Gasteiger charge is 2.34. The van der Waals surface area contributed by atoms with Crippen LogP contribution >= 0.6 is 23.4 Å². The first kappa shape index (κ1) is 21.3. The van der Waals surface area contributed by atoms with E-state index in [1.807, 2.05) is 55.5 Å². The van der Waals surface area contributed by atoms with Gasteiger partial charge >= 0.3 is 0 Å². The zero-order valence-electron chi connectivity index (χ0n) is 16.9. The number of nitrogens with one attached hydrogen (secondary N) is 1. The Morgan fingerprint density at radius 3 is 2.48 bits per heavy atom. The smallest absolute Gasteiger partial charge is 0.257 e. The number of amides is 2. The summed E-state index contributed by atoms with van der Waals surface area (Å²) < 4.78 is 5.49. The molecule has 0 saturated carbocycles. The van der Waals surface area contributed by atoms with Crippen LogP contribution in [-0.2, 0) is 4.79 Å². The third kappa shape index (κ3) is 4.70. The lowest BCUT2D eigenvalue weighted by Crippen LogP contribution is -2.27. The normalized spacial score (nSPS) is 15.7. The van der Waals surface area contributed by atoms with Crippen molar-refractivity contribution in [2.24, 2.45) is 0 Å². The number of hydrogen-bond donors (Lipinski definition) is 1. The first-order valence-electron chi connectivity index (χ1n) is 9.89. The van der Waals surface area contributed by atoms with Crippen molar-refractivity contribution in [3.05, 3.63) is 88.9 Å². The zero-order valence-corrected chi connectivity index (χ0v) is 18.5. The van der Waals surface area contributed by atoms with Crippen molar-refractivity contribution < 1.29 is 14.3 Å². The summed E-state index contributed by atoms with van der Waals surface area (Å²) in [5.74, 6) is 0.999. The molecule has 31 heavy (non-hydrogen) atoms. The Bertz CT molecular complexity index is 1090. The number of carbonyl (C=O) groups excluding carboxylic acids is 2. The number of halogens is 1. The van der Waals surface area contributed by atoms with Gasteiger partial charge in [0.2, 0.25) is 5.91 Å². The van der Waals surface area contributed by atoms with E-state index in [0.717, 1.165) is 17.0 Å². The number of hydrogen-bond acceptors (Lipinski definition) is 4.